The van der Waals surface area contributed by atoms with Gasteiger partial charge in [-0.15, -0.1) is 0 Å². The molecule has 0 aliphatic heterocycles. The van der Waals surface area contributed by atoms with Crippen LogP contribution in [0.1, 0.15) is 86.5 Å². The van der Waals surface area contributed by atoms with Crippen molar-refractivity contribution in [3.05, 3.63) is 0 Å². The van der Waals surface area contributed by atoms with Crippen molar-refractivity contribution in [3.8, 4) is 0 Å². The molecule has 96 valence electrons. The lowest BCUT2D eigenvalue weighted by molar-refractivity contribution is -0.0549. The molecule has 0 aromatic carbocycles. The molecule has 0 atom stereocenters. The summed E-state index contributed by atoms with van der Waals surface area (Å²) in [5, 5.41) is 0. The van der Waals surface area contributed by atoms with Gasteiger partial charge in [0.25, 0.3) is 0 Å². The summed E-state index contributed by atoms with van der Waals surface area (Å²) in [6.45, 7) is 14.7. The zero-order valence-corrected chi connectivity index (χ0v) is 12.4. The predicted molar refractivity (Wildman–Crippen MR) is 73.7 cm³/mol. The van der Waals surface area contributed by atoms with Crippen molar-refractivity contribution >= 4 is 0 Å². The SMILES string of the molecule is CC(C)(C)C1(C(C)(C)C)CCCCCCC1. The minimum Gasteiger partial charge on any atom is -0.0596 e. The Balaban J connectivity index is 3.01. The predicted octanol–water partition coefficient (Wildman–Crippen LogP) is 5.81. The summed E-state index contributed by atoms with van der Waals surface area (Å²) >= 11 is 0. The summed E-state index contributed by atoms with van der Waals surface area (Å²) in [5.74, 6) is 0. The van der Waals surface area contributed by atoms with Crippen LogP contribution in [0.2, 0.25) is 0 Å². The molecule has 0 amide bonds. The molecular formula is C16H32. The Morgan fingerprint density at radius 2 is 0.875 bits per heavy atom. The molecule has 1 fully saturated rings. The summed E-state index contributed by atoms with van der Waals surface area (Å²) in [6.07, 6.45) is 10.1. The van der Waals surface area contributed by atoms with Gasteiger partial charge < -0.3 is 0 Å². The molecule has 0 N–H and O–H groups in total. The highest BCUT2D eigenvalue weighted by Gasteiger charge is 2.49. The fourth-order valence-corrected chi connectivity index (χ4v) is 4.13. The Hall–Kier alpha value is 0. The minimum absolute atomic E-state index is 0.433. The smallest absolute Gasteiger partial charge is 0.0200 e. The first-order valence-electron chi connectivity index (χ1n) is 7.21. The Morgan fingerprint density at radius 1 is 0.562 bits per heavy atom. The topological polar surface area (TPSA) is 0 Å². The van der Waals surface area contributed by atoms with E-state index in [0.717, 1.165) is 0 Å². The third-order valence-corrected chi connectivity index (χ3v) is 5.08. The van der Waals surface area contributed by atoms with Gasteiger partial charge in [0.1, 0.15) is 0 Å². The first-order chi connectivity index (χ1) is 7.21. The molecule has 16 heavy (non-hydrogen) atoms. The zero-order valence-electron chi connectivity index (χ0n) is 12.4. The van der Waals surface area contributed by atoms with Crippen LogP contribution in [0.25, 0.3) is 0 Å². The van der Waals surface area contributed by atoms with E-state index in [-0.39, 0.29) is 0 Å². The third kappa shape index (κ3) is 2.63. The molecule has 1 aliphatic carbocycles. The standard InChI is InChI=1S/C16H32/c1-14(2,3)16(15(4,5)6)12-10-8-7-9-11-13-16/h7-13H2,1-6H3. The van der Waals surface area contributed by atoms with Crippen LogP contribution in [0, 0.1) is 16.2 Å². The maximum Gasteiger partial charge on any atom is -0.0200 e. The van der Waals surface area contributed by atoms with Crippen LogP contribution in [-0.2, 0) is 0 Å². The molecule has 0 heterocycles. The normalized spacial score (nSPS) is 23.6. The zero-order chi connectivity index (χ0) is 12.4. The van der Waals surface area contributed by atoms with Gasteiger partial charge in [0.2, 0.25) is 0 Å². The van der Waals surface area contributed by atoms with Crippen LogP contribution in [0.4, 0.5) is 0 Å². The van der Waals surface area contributed by atoms with Gasteiger partial charge in [0, 0.05) is 0 Å². The van der Waals surface area contributed by atoms with Gasteiger partial charge in [-0.25, -0.2) is 0 Å². The van der Waals surface area contributed by atoms with Gasteiger partial charge in [-0.1, -0.05) is 73.6 Å². The van der Waals surface area contributed by atoms with Crippen molar-refractivity contribution in [2.45, 2.75) is 86.5 Å². The van der Waals surface area contributed by atoms with Crippen molar-refractivity contribution < 1.29 is 0 Å². The lowest BCUT2D eigenvalue weighted by atomic mass is 9.50. The number of hydrogen-bond donors (Lipinski definition) is 0. The second-order valence-electron chi connectivity index (χ2n) is 7.85. The summed E-state index contributed by atoms with van der Waals surface area (Å²) in [4.78, 5) is 0. The highest BCUT2D eigenvalue weighted by Crippen LogP contribution is 2.58. The van der Waals surface area contributed by atoms with E-state index in [1.54, 1.807) is 0 Å². The monoisotopic (exact) mass is 224 g/mol. The van der Waals surface area contributed by atoms with Crippen molar-refractivity contribution in [2.24, 2.45) is 16.2 Å². The molecule has 0 radical (unpaired) electrons. The first-order valence-corrected chi connectivity index (χ1v) is 7.21. The van der Waals surface area contributed by atoms with Gasteiger partial charge in [0.05, 0.1) is 0 Å². The lowest BCUT2D eigenvalue weighted by Gasteiger charge is -2.55. The second-order valence-corrected chi connectivity index (χ2v) is 7.85. The first kappa shape index (κ1) is 14.1. The molecule has 1 rings (SSSR count). The van der Waals surface area contributed by atoms with Gasteiger partial charge in [-0.2, -0.15) is 0 Å². The molecular weight excluding hydrogens is 192 g/mol. The van der Waals surface area contributed by atoms with Crippen LogP contribution in [0.5, 0.6) is 0 Å². The Kier molecular flexibility index (Phi) is 4.13. The number of hydrogen-bond acceptors (Lipinski definition) is 0. The van der Waals surface area contributed by atoms with E-state index in [0.29, 0.717) is 16.2 Å². The molecule has 0 saturated heterocycles. The summed E-state index contributed by atoms with van der Waals surface area (Å²) in [6, 6.07) is 0. The molecule has 0 spiro atoms. The van der Waals surface area contributed by atoms with Crippen LogP contribution >= 0.6 is 0 Å². The molecule has 0 nitrogen and oxygen atoms in total. The van der Waals surface area contributed by atoms with E-state index < -0.39 is 0 Å². The van der Waals surface area contributed by atoms with Crippen LogP contribution in [0.3, 0.4) is 0 Å². The van der Waals surface area contributed by atoms with Gasteiger partial charge in [0.15, 0.2) is 0 Å². The Labute approximate surface area is 103 Å². The Bertz CT molecular complexity index is 187. The van der Waals surface area contributed by atoms with Crippen molar-refractivity contribution in [1.82, 2.24) is 0 Å². The van der Waals surface area contributed by atoms with Gasteiger partial charge in [-0.05, 0) is 29.1 Å². The van der Waals surface area contributed by atoms with Crippen LogP contribution in [-0.4, -0.2) is 0 Å². The van der Waals surface area contributed by atoms with E-state index in [4.69, 9.17) is 0 Å². The molecule has 1 aliphatic rings. The van der Waals surface area contributed by atoms with E-state index in [9.17, 15) is 0 Å². The van der Waals surface area contributed by atoms with Crippen LogP contribution < -0.4 is 0 Å². The second kappa shape index (κ2) is 4.70. The highest BCUT2D eigenvalue weighted by atomic mass is 14.5. The van der Waals surface area contributed by atoms with Crippen molar-refractivity contribution in [1.29, 1.82) is 0 Å². The fourth-order valence-electron chi connectivity index (χ4n) is 4.13. The molecule has 0 aromatic rings. The maximum absolute atomic E-state index is 2.46. The van der Waals surface area contributed by atoms with E-state index >= 15 is 0 Å². The van der Waals surface area contributed by atoms with Crippen molar-refractivity contribution in [3.63, 3.8) is 0 Å². The lowest BCUT2D eigenvalue weighted by Crippen LogP contribution is -2.46. The molecule has 1 saturated carbocycles. The third-order valence-electron chi connectivity index (χ3n) is 5.08. The van der Waals surface area contributed by atoms with E-state index in [1.165, 1.54) is 44.9 Å². The molecule has 0 heteroatoms. The quantitative estimate of drug-likeness (QED) is 0.487. The van der Waals surface area contributed by atoms with Crippen LogP contribution in [0.15, 0.2) is 0 Å². The minimum atomic E-state index is 0.433. The average Bonchev–Trinajstić information content (AvgIpc) is 1.97. The fraction of sp³-hybridized carbons (Fsp3) is 1.00. The van der Waals surface area contributed by atoms with Gasteiger partial charge >= 0.3 is 0 Å². The van der Waals surface area contributed by atoms with E-state index in [2.05, 4.69) is 41.5 Å². The average molecular weight is 224 g/mol. The Morgan fingerprint density at radius 3 is 1.19 bits per heavy atom. The molecule has 0 aromatic heterocycles. The summed E-state index contributed by atoms with van der Waals surface area (Å²) in [5.41, 5.74) is 1.39. The molecule has 0 bridgehead atoms. The number of rotatable bonds is 0. The van der Waals surface area contributed by atoms with Crippen molar-refractivity contribution in [2.75, 3.05) is 0 Å². The maximum atomic E-state index is 2.46. The summed E-state index contributed by atoms with van der Waals surface area (Å²) < 4.78 is 0. The largest absolute Gasteiger partial charge is 0.0596 e. The highest BCUT2D eigenvalue weighted by molar-refractivity contribution is 4.98. The van der Waals surface area contributed by atoms with E-state index in [1.807, 2.05) is 0 Å². The van der Waals surface area contributed by atoms with Gasteiger partial charge in [-0.3, -0.25) is 0 Å². The molecule has 0 unspecified atom stereocenters. The summed E-state index contributed by atoms with van der Waals surface area (Å²) in [7, 11) is 0.